The number of allylic oxidation sites excluding steroid dienone is 2. The molecule has 2 aliphatic heterocycles. The zero-order chi connectivity index (χ0) is 16.5. The van der Waals surface area contributed by atoms with Crippen molar-refractivity contribution in [3.8, 4) is 0 Å². The molecule has 3 aliphatic rings. The second-order valence-corrected chi connectivity index (χ2v) is 7.64. The molecule has 4 heteroatoms. The molecule has 0 N–H and O–H groups in total. The molecule has 4 nitrogen and oxygen atoms in total. The molecule has 2 fully saturated rings. The molecule has 0 unspecified atom stereocenters. The summed E-state index contributed by atoms with van der Waals surface area (Å²) < 4.78 is 0. The fraction of sp³-hybridized carbons (Fsp3) is 0.600. The van der Waals surface area contributed by atoms with Gasteiger partial charge in [-0.2, -0.15) is 0 Å². The van der Waals surface area contributed by atoms with Gasteiger partial charge in [-0.3, -0.25) is 4.79 Å². The molecule has 4 rings (SSSR count). The van der Waals surface area contributed by atoms with Crippen LogP contribution < -0.4 is 4.90 Å². The van der Waals surface area contributed by atoms with Crippen LogP contribution >= 0.6 is 0 Å². The molecule has 0 radical (unpaired) electrons. The summed E-state index contributed by atoms with van der Waals surface area (Å²) >= 11 is 0. The van der Waals surface area contributed by atoms with Crippen molar-refractivity contribution >= 4 is 11.7 Å². The number of likely N-dealkylation sites (tertiary alicyclic amines) is 1. The highest BCUT2D eigenvalue weighted by Crippen LogP contribution is 2.38. The van der Waals surface area contributed by atoms with E-state index in [1.807, 2.05) is 23.2 Å². The predicted molar refractivity (Wildman–Crippen MR) is 96.2 cm³/mol. The van der Waals surface area contributed by atoms with Crippen LogP contribution in [0.3, 0.4) is 0 Å². The standard InChI is InChI=1S/C20H27N3O/c1-15-7-8-16-13-23(14-17(16)12-15)19-18(6-5-9-21-19)20(24)22-10-3-2-4-11-22/h5-7,9,16-17H,2-4,8,10-14H2,1H3/t16-,17+/m0/s1. The Labute approximate surface area is 144 Å². The molecule has 0 bridgehead atoms. The monoisotopic (exact) mass is 325 g/mol. The summed E-state index contributed by atoms with van der Waals surface area (Å²) in [6.07, 6.45) is 10.1. The number of carbonyl (C=O) groups excluding carboxylic acids is 1. The van der Waals surface area contributed by atoms with Gasteiger partial charge in [0.15, 0.2) is 0 Å². The zero-order valence-electron chi connectivity index (χ0n) is 14.6. The minimum absolute atomic E-state index is 0.168. The number of rotatable bonds is 2. The Balaban J connectivity index is 1.55. The number of nitrogens with zero attached hydrogens (tertiary/aromatic N) is 3. The third-order valence-corrected chi connectivity index (χ3v) is 5.89. The van der Waals surface area contributed by atoms with Gasteiger partial charge in [-0.25, -0.2) is 4.98 Å². The van der Waals surface area contributed by atoms with Crippen LogP contribution in [0.15, 0.2) is 30.0 Å². The number of aromatic nitrogens is 1. The molecular weight excluding hydrogens is 298 g/mol. The van der Waals surface area contributed by atoms with E-state index in [2.05, 4.69) is 22.9 Å². The maximum atomic E-state index is 13.0. The van der Waals surface area contributed by atoms with Crippen LogP contribution in [0.1, 0.15) is 49.4 Å². The van der Waals surface area contributed by atoms with Crippen LogP contribution in [-0.4, -0.2) is 42.0 Å². The third-order valence-electron chi connectivity index (χ3n) is 5.89. The van der Waals surface area contributed by atoms with Crippen LogP contribution in [-0.2, 0) is 0 Å². The van der Waals surface area contributed by atoms with Gasteiger partial charge in [0, 0.05) is 32.4 Å². The highest BCUT2D eigenvalue weighted by atomic mass is 16.2. The minimum atomic E-state index is 0.168. The van der Waals surface area contributed by atoms with E-state index < -0.39 is 0 Å². The van der Waals surface area contributed by atoms with E-state index in [0.717, 1.165) is 56.3 Å². The van der Waals surface area contributed by atoms with Gasteiger partial charge in [-0.15, -0.1) is 0 Å². The highest BCUT2D eigenvalue weighted by Gasteiger charge is 2.36. The normalized spacial score (nSPS) is 27.0. The van der Waals surface area contributed by atoms with Crippen molar-refractivity contribution in [1.82, 2.24) is 9.88 Å². The number of hydrogen-bond acceptors (Lipinski definition) is 3. The first-order valence-electron chi connectivity index (χ1n) is 9.37. The minimum Gasteiger partial charge on any atom is -0.355 e. The zero-order valence-corrected chi connectivity index (χ0v) is 14.6. The van der Waals surface area contributed by atoms with Crippen molar-refractivity contribution in [2.24, 2.45) is 11.8 Å². The van der Waals surface area contributed by atoms with Gasteiger partial charge < -0.3 is 9.80 Å². The molecule has 2 atom stereocenters. The molecule has 2 saturated heterocycles. The van der Waals surface area contributed by atoms with Gasteiger partial charge in [0.25, 0.3) is 5.91 Å². The predicted octanol–water partition coefficient (Wildman–Crippen LogP) is 3.50. The number of anilines is 1. The van der Waals surface area contributed by atoms with Gasteiger partial charge in [0.1, 0.15) is 5.82 Å². The van der Waals surface area contributed by atoms with E-state index >= 15 is 0 Å². The molecule has 128 valence electrons. The van der Waals surface area contributed by atoms with E-state index in [9.17, 15) is 4.79 Å². The summed E-state index contributed by atoms with van der Waals surface area (Å²) in [5.41, 5.74) is 2.31. The van der Waals surface area contributed by atoms with Gasteiger partial charge >= 0.3 is 0 Å². The number of piperidine rings is 1. The van der Waals surface area contributed by atoms with E-state index in [4.69, 9.17) is 0 Å². The molecule has 24 heavy (non-hydrogen) atoms. The van der Waals surface area contributed by atoms with Gasteiger partial charge in [-0.05, 0) is 63.0 Å². The lowest BCUT2D eigenvalue weighted by Gasteiger charge is -2.28. The van der Waals surface area contributed by atoms with Gasteiger partial charge in [0.05, 0.1) is 5.56 Å². The van der Waals surface area contributed by atoms with Crippen LogP contribution in [0.2, 0.25) is 0 Å². The summed E-state index contributed by atoms with van der Waals surface area (Å²) in [7, 11) is 0. The van der Waals surface area contributed by atoms with Crippen LogP contribution in [0.5, 0.6) is 0 Å². The van der Waals surface area contributed by atoms with E-state index in [1.165, 1.54) is 24.8 Å². The third kappa shape index (κ3) is 2.94. The molecule has 3 heterocycles. The Morgan fingerprint density at radius 3 is 2.79 bits per heavy atom. The second-order valence-electron chi connectivity index (χ2n) is 7.64. The average Bonchev–Trinajstić information content (AvgIpc) is 3.05. The quantitative estimate of drug-likeness (QED) is 0.781. The maximum Gasteiger partial charge on any atom is 0.257 e. The first-order valence-corrected chi connectivity index (χ1v) is 9.37. The summed E-state index contributed by atoms with van der Waals surface area (Å²) in [4.78, 5) is 22.0. The summed E-state index contributed by atoms with van der Waals surface area (Å²) in [5.74, 6) is 2.51. The Kier molecular flexibility index (Phi) is 4.30. The fourth-order valence-corrected chi connectivity index (χ4v) is 4.54. The number of carbonyl (C=O) groups is 1. The van der Waals surface area contributed by atoms with E-state index in [-0.39, 0.29) is 5.91 Å². The van der Waals surface area contributed by atoms with E-state index in [1.54, 1.807) is 0 Å². The SMILES string of the molecule is CC1=CC[C@H]2CN(c3ncccc3C(=O)N3CCCCC3)C[C@H]2C1. The lowest BCUT2D eigenvalue weighted by atomic mass is 9.83. The van der Waals surface area contributed by atoms with Crippen LogP contribution in [0.4, 0.5) is 5.82 Å². The first-order chi connectivity index (χ1) is 11.7. The smallest absolute Gasteiger partial charge is 0.257 e. The first kappa shape index (κ1) is 15.7. The molecule has 1 aromatic heterocycles. The van der Waals surface area contributed by atoms with Crippen molar-refractivity contribution in [3.05, 3.63) is 35.5 Å². The molecule has 0 saturated carbocycles. The molecule has 1 amide bonds. The molecule has 0 aromatic carbocycles. The summed E-state index contributed by atoms with van der Waals surface area (Å²) in [6, 6.07) is 3.86. The maximum absolute atomic E-state index is 13.0. The van der Waals surface area contributed by atoms with Crippen LogP contribution in [0, 0.1) is 11.8 Å². The van der Waals surface area contributed by atoms with Gasteiger partial charge in [0.2, 0.25) is 0 Å². The van der Waals surface area contributed by atoms with Crippen molar-refractivity contribution in [2.75, 3.05) is 31.1 Å². The highest BCUT2D eigenvalue weighted by molar-refractivity contribution is 5.99. The number of pyridine rings is 1. The van der Waals surface area contributed by atoms with Crippen LogP contribution in [0.25, 0.3) is 0 Å². The van der Waals surface area contributed by atoms with E-state index in [0.29, 0.717) is 5.92 Å². The Bertz CT molecular complexity index is 648. The number of fused-ring (bicyclic) bond motifs is 1. The summed E-state index contributed by atoms with van der Waals surface area (Å²) in [6.45, 7) is 6.09. The average molecular weight is 325 g/mol. The lowest BCUT2D eigenvalue weighted by Crippen LogP contribution is -2.37. The van der Waals surface area contributed by atoms with Crippen molar-refractivity contribution < 1.29 is 4.79 Å². The Morgan fingerprint density at radius 2 is 1.96 bits per heavy atom. The Hall–Kier alpha value is -1.84. The number of hydrogen-bond donors (Lipinski definition) is 0. The molecule has 1 aromatic rings. The van der Waals surface area contributed by atoms with Crippen molar-refractivity contribution in [3.63, 3.8) is 0 Å². The Morgan fingerprint density at radius 1 is 1.17 bits per heavy atom. The lowest BCUT2D eigenvalue weighted by molar-refractivity contribution is 0.0724. The van der Waals surface area contributed by atoms with Crippen molar-refractivity contribution in [2.45, 2.75) is 39.0 Å². The topological polar surface area (TPSA) is 36.4 Å². The second kappa shape index (κ2) is 6.58. The molecule has 0 spiro atoms. The number of amides is 1. The van der Waals surface area contributed by atoms with Crippen molar-refractivity contribution in [1.29, 1.82) is 0 Å². The summed E-state index contributed by atoms with van der Waals surface area (Å²) in [5, 5.41) is 0. The van der Waals surface area contributed by atoms with Gasteiger partial charge in [-0.1, -0.05) is 11.6 Å². The largest absolute Gasteiger partial charge is 0.355 e. The molecule has 1 aliphatic carbocycles. The fourth-order valence-electron chi connectivity index (χ4n) is 4.54. The molecular formula is C20H27N3O.